The lowest BCUT2D eigenvalue weighted by atomic mass is 9.96. The van der Waals surface area contributed by atoms with Gasteiger partial charge in [-0.25, -0.2) is 4.79 Å². The molecular formula is C20H21N5OS. The molecular weight excluding hydrogens is 358 g/mol. The van der Waals surface area contributed by atoms with Gasteiger partial charge in [0.15, 0.2) is 5.17 Å². The molecule has 0 N–H and O–H groups in total. The van der Waals surface area contributed by atoms with Crippen molar-refractivity contribution in [2.45, 2.75) is 24.3 Å². The first-order valence-corrected chi connectivity index (χ1v) is 10.00. The van der Waals surface area contributed by atoms with Crippen LogP contribution in [0.4, 0.5) is 0 Å². The van der Waals surface area contributed by atoms with Crippen molar-refractivity contribution in [2.75, 3.05) is 6.54 Å². The van der Waals surface area contributed by atoms with Crippen LogP contribution in [0.5, 0.6) is 0 Å². The van der Waals surface area contributed by atoms with E-state index < -0.39 is 0 Å². The lowest BCUT2D eigenvalue weighted by Gasteiger charge is -2.27. The fourth-order valence-corrected chi connectivity index (χ4v) is 5.28. The number of nitrogens with zero attached hydrogens (tertiary/aromatic N) is 5. The van der Waals surface area contributed by atoms with Gasteiger partial charge in [0.25, 0.3) is 0 Å². The number of aryl methyl sites for hydroxylation is 2. The van der Waals surface area contributed by atoms with E-state index in [4.69, 9.17) is 4.99 Å². The van der Waals surface area contributed by atoms with E-state index in [1.165, 1.54) is 5.56 Å². The van der Waals surface area contributed by atoms with E-state index in [0.29, 0.717) is 5.25 Å². The monoisotopic (exact) mass is 379 g/mol. The molecule has 138 valence electrons. The van der Waals surface area contributed by atoms with Gasteiger partial charge in [0, 0.05) is 32.1 Å². The van der Waals surface area contributed by atoms with Crippen LogP contribution in [-0.2, 0) is 14.1 Å². The van der Waals surface area contributed by atoms with Crippen molar-refractivity contribution in [3.05, 3.63) is 64.3 Å². The number of thioether (sulfide) groups is 1. The van der Waals surface area contributed by atoms with E-state index in [1.807, 2.05) is 50.3 Å². The first-order chi connectivity index (χ1) is 13.0. The molecule has 2 aliphatic heterocycles. The minimum Gasteiger partial charge on any atom is -0.341 e. The Bertz CT molecular complexity index is 1120. The standard InChI is InChI=1S/C20H21N5OS/c1-12-11-25-18(17(22-19(25)27-12)14-6-4-5-9-21-14)13-7-8-15-16(10-13)24(3)20(26)23(15)2/h4-10,12,17-18H,11H2,1-3H3/t12-,17-,18-/m0/s1. The molecule has 1 saturated heterocycles. The van der Waals surface area contributed by atoms with Crippen molar-refractivity contribution in [3.63, 3.8) is 0 Å². The van der Waals surface area contributed by atoms with Gasteiger partial charge in [-0.2, -0.15) is 0 Å². The van der Waals surface area contributed by atoms with Gasteiger partial charge >= 0.3 is 5.69 Å². The number of hydrogen-bond donors (Lipinski definition) is 0. The molecule has 0 radical (unpaired) electrons. The number of aromatic nitrogens is 3. The van der Waals surface area contributed by atoms with Gasteiger partial charge in [-0.3, -0.25) is 19.1 Å². The molecule has 0 saturated carbocycles. The molecule has 0 amide bonds. The zero-order valence-corrected chi connectivity index (χ0v) is 16.3. The van der Waals surface area contributed by atoms with Crippen LogP contribution < -0.4 is 5.69 Å². The number of hydrogen-bond acceptors (Lipinski definition) is 5. The number of imidazole rings is 1. The van der Waals surface area contributed by atoms with E-state index in [9.17, 15) is 4.79 Å². The predicted octanol–water partition coefficient (Wildman–Crippen LogP) is 2.86. The van der Waals surface area contributed by atoms with Gasteiger partial charge < -0.3 is 4.90 Å². The minimum absolute atomic E-state index is 0.00265. The molecule has 1 fully saturated rings. The highest BCUT2D eigenvalue weighted by Crippen LogP contribution is 2.47. The van der Waals surface area contributed by atoms with E-state index in [2.05, 4.69) is 35.0 Å². The topological polar surface area (TPSA) is 55.4 Å². The van der Waals surface area contributed by atoms with Crippen molar-refractivity contribution in [2.24, 2.45) is 19.1 Å². The van der Waals surface area contributed by atoms with Crippen LogP contribution >= 0.6 is 11.8 Å². The molecule has 3 aromatic rings. The second kappa shape index (κ2) is 5.99. The average Bonchev–Trinajstić information content (AvgIpc) is 3.28. The summed E-state index contributed by atoms with van der Waals surface area (Å²) in [5.41, 5.74) is 4.06. The van der Waals surface area contributed by atoms with Gasteiger partial charge in [-0.05, 0) is 29.8 Å². The SMILES string of the molecule is C[C@H]1CN2C(=N[C@@H](c3ccccn3)[C@@H]2c2ccc3c(c2)n(C)c(=O)n3C)S1. The number of fused-ring (bicyclic) bond motifs is 2. The summed E-state index contributed by atoms with van der Waals surface area (Å²) in [5.74, 6) is 0. The molecule has 0 aliphatic carbocycles. The maximum atomic E-state index is 12.3. The highest BCUT2D eigenvalue weighted by molar-refractivity contribution is 8.14. The largest absolute Gasteiger partial charge is 0.341 e. The Morgan fingerprint density at radius 2 is 1.93 bits per heavy atom. The fourth-order valence-electron chi connectivity index (χ4n) is 4.19. The summed E-state index contributed by atoms with van der Waals surface area (Å²) in [5, 5.41) is 1.63. The number of pyridine rings is 1. The molecule has 3 atom stereocenters. The third-order valence-electron chi connectivity index (χ3n) is 5.52. The smallest absolute Gasteiger partial charge is 0.328 e. The van der Waals surface area contributed by atoms with Crippen LogP contribution in [0.1, 0.15) is 30.3 Å². The Kier molecular flexibility index (Phi) is 3.69. The molecule has 6 nitrogen and oxygen atoms in total. The van der Waals surface area contributed by atoms with Crippen molar-refractivity contribution >= 4 is 28.0 Å². The second-order valence-electron chi connectivity index (χ2n) is 7.29. The van der Waals surface area contributed by atoms with Gasteiger partial charge in [0.1, 0.15) is 6.04 Å². The lowest BCUT2D eigenvalue weighted by Crippen LogP contribution is -2.28. The molecule has 4 heterocycles. The Labute approximate surface area is 161 Å². The lowest BCUT2D eigenvalue weighted by molar-refractivity contribution is 0.321. The maximum Gasteiger partial charge on any atom is 0.328 e. The third-order valence-corrected chi connectivity index (χ3v) is 6.62. The molecule has 5 rings (SSSR count). The number of aliphatic imine (C=N–C) groups is 1. The highest BCUT2D eigenvalue weighted by atomic mass is 32.2. The fraction of sp³-hybridized carbons (Fsp3) is 0.350. The second-order valence-corrected chi connectivity index (χ2v) is 8.69. The first kappa shape index (κ1) is 16.6. The van der Waals surface area contributed by atoms with Crippen LogP contribution in [0.3, 0.4) is 0 Å². The normalized spacial score (nSPS) is 24.5. The van der Waals surface area contributed by atoms with Crippen molar-refractivity contribution in [1.29, 1.82) is 0 Å². The third kappa shape index (κ3) is 2.45. The van der Waals surface area contributed by atoms with E-state index in [1.54, 1.807) is 9.13 Å². The zero-order valence-electron chi connectivity index (χ0n) is 15.5. The Morgan fingerprint density at radius 3 is 2.70 bits per heavy atom. The maximum absolute atomic E-state index is 12.3. The zero-order chi connectivity index (χ0) is 18.7. The molecule has 0 bridgehead atoms. The summed E-state index contributed by atoms with van der Waals surface area (Å²) in [4.78, 5) is 24.3. The van der Waals surface area contributed by atoms with Gasteiger partial charge in [-0.15, -0.1) is 0 Å². The summed E-state index contributed by atoms with van der Waals surface area (Å²) in [6.07, 6.45) is 1.83. The summed E-state index contributed by atoms with van der Waals surface area (Å²) in [6, 6.07) is 12.4. The summed E-state index contributed by atoms with van der Waals surface area (Å²) >= 11 is 1.84. The minimum atomic E-state index is -0.0283. The Hall–Kier alpha value is -2.54. The summed E-state index contributed by atoms with van der Waals surface area (Å²) in [6.45, 7) is 3.21. The summed E-state index contributed by atoms with van der Waals surface area (Å²) < 4.78 is 3.41. The number of amidine groups is 1. The van der Waals surface area contributed by atoms with Crippen LogP contribution in [0.2, 0.25) is 0 Å². The van der Waals surface area contributed by atoms with Crippen LogP contribution in [0.15, 0.2) is 52.4 Å². The summed E-state index contributed by atoms with van der Waals surface area (Å²) in [7, 11) is 3.64. The van der Waals surface area contributed by atoms with Gasteiger partial charge in [0.05, 0.1) is 22.8 Å². The van der Waals surface area contributed by atoms with Crippen molar-refractivity contribution < 1.29 is 0 Å². The van der Waals surface area contributed by atoms with Gasteiger partial charge in [-0.1, -0.05) is 30.8 Å². The predicted molar refractivity (Wildman–Crippen MR) is 109 cm³/mol. The van der Waals surface area contributed by atoms with E-state index in [-0.39, 0.29) is 17.8 Å². The molecule has 27 heavy (non-hydrogen) atoms. The number of rotatable bonds is 2. The molecule has 0 spiro atoms. The molecule has 7 heteroatoms. The number of benzene rings is 1. The molecule has 2 aromatic heterocycles. The van der Waals surface area contributed by atoms with Crippen molar-refractivity contribution in [3.8, 4) is 0 Å². The quantitative estimate of drug-likeness (QED) is 0.687. The average molecular weight is 379 g/mol. The van der Waals surface area contributed by atoms with E-state index in [0.717, 1.165) is 28.4 Å². The molecule has 2 aliphatic rings. The van der Waals surface area contributed by atoms with E-state index >= 15 is 0 Å². The van der Waals surface area contributed by atoms with Crippen LogP contribution in [-0.4, -0.2) is 36.0 Å². The molecule has 0 unspecified atom stereocenters. The first-order valence-electron chi connectivity index (χ1n) is 9.12. The van der Waals surface area contributed by atoms with Crippen LogP contribution in [0, 0.1) is 0 Å². The van der Waals surface area contributed by atoms with Gasteiger partial charge in [0.2, 0.25) is 0 Å². The highest BCUT2D eigenvalue weighted by Gasteiger charge is 2.43. The molecule has 1 aromatic carbocycles. The Balaban J connectivity index is 1.66. The van der Waals surface area contributed by atoms with Crippen molar-refractivity contribution in [1.82, 2.24) is 19.0 Å². The van der Waals surface area contributed by atoms with Crippen LogP contribution in [0.25, 0.3) is 11.0 Å². The Morgan fingerprint density at radius 1 is 1.11 bits per heavy atom.